The minimum Gasteiger partial charge on any atom is -0.355 e. The fourth-order valence-electron chi connectivity index (χ4n) is 3.66. The Hall–Kier alpha value is -3.64. The number of carbonyl (C=O) groups excluding carboxylic acids is 1. The molecule has 0 saturated carbocycles. The van der Waals surface area contributed by atoms with E-state index in [-0.39, 0.29) is 6.07 Å². The van der Waals surface area contributed by atoms with Gasteiger partial charge in [0.1, 0.15) is 0 Å². The summed E-state index contributed by atoms with van der Waals surface area (Å²) in [5, 5.41) is 14.6. The number of aromatic nitrogens is 4. The van der Waals surface area contributed by atoms with Crippen molar-refractivity contribution in [1.29, 1.82) is 0 Å². The van der Waals surface area contributed by atoms with Crippen LogP contribution in [0.5, 0.6) is 0 Å². The number of piperidine rings is 1. The standard InChI is InChI=1S/C21H18F6N6O/c22-20(23,24)14-10-15(21(25,26)27)12-16(11-14)29-19(34)13-4-8-32(9-5-13)17-2-3-18(31-30-17)33-7-1-6-28-33/h1-3,6-7,10-13H,4-5,8-9H2,(H,29,34). The molecular formula is C21H18F6N6O. The fourth-order valence-corrected chi connectivity index (χ4v) is 3.66. The van der Waals surface area contributed by atoms with E-state index >= 15 is 0 Å². The maximum absolute atomic E-state index is 13.0. The Morgan fingerprint density at radius 3 is 2.00 bits per heavy atom. The normalized spacial score (nSPS) is 15.4. The molecule has 1 amide bonds. The number of amides is 1. The molecule has 3 heterocycles. The van der Waals surface area contributed by atoms with Gasteiger partial charge in [-0.1, -0.05) is 0 Å². The summed E-state index contributed by atoms with van der Waals surface area (Å²) in [6, 6.07) is 6.26. The van der Waals surface area contributed by atoms with Gasteiger partial charge < -0.3 is 10.2 Å². The molecule has 13 heteroatoms. The van der Waals surface area contributed by atoms with Crippen molar-refractivity contribution in [1.82, 2.24) is 20.0 Å². The largest absolute Gasteiger partial charge is 0.416 e. The van der Waals surface area contributed by atoms with Gasteiger partial charge >= 0.3 is 12.4 Å². The SMILES string of the molecule is O=C(Nc1cc(C(F)(F)F)cc(C(F)(F)F)c1)C1CCN(c2ccc(-n3cccn3)nn2)CC1. The molecule has 0 bridgehead atoms. The smallest absolute Gasteiger partial charge is 0.355 e. The lowest BCUT2D eigenvalue weighted by Crippen LogP contribution is -2.38. The fraction of sp³-hybridized carbons (Fsp3) is 0.333. The van der Waals surface area contributed by atoms with Crippen LogP contribution in [0.4, 0.5) is 37.8 Å². The minimum absolute atomic E-state index is 0.0206. The summed E-state index contributed by atoms with van der Waals surface area (Å²) in [5.74, 6) is -0.0894. The highest BCUT2D eigenvalue weighted by molar-refractivity contribution is 5.93. The lowest BCUT2D eigenvalue weighted by Gasteiger charge is -2.31. The van der Waals surface area contributed by atoms with Crippen LogP contribution in [-0.4, -0.2) is 39.0 Å². The van der Waals surface area contributed by atoms with Crippen molar-refractivity contribution in [3.05, 3.63) is 59.9 Å². The topological polar surface area (TPSA) is 75.9 Å². The van der Waals surface area contributed by atoms with E-state index in [1.165, 1.54) is 0 Å². The zero-order valence-corrected chi connectivity index (χ0v) is 17.4. The van der Waals surface area contributed by atoms with Crippen LogP contribution in [0.1, 0.15) is 24.0 Å². The van der Waals surface area contributed by atoms with Crippen molar-refractivity contribution in [3.63, 3.8) is 0 Å². The van der Waals surface area contributed by atoms with Crippen molar-refractivity contribution < 1.29 is 31.1 Å². The second kappa shape index (κ2) is 8.95. The molecule has 0 unspecified atom stereocenters. The molecule has 1 aliphatic heterocycles. The van der Waals surface area contributed by atoms with E-state index in [2.05, 4.69) is 20.6 Å². The lowest BCUT2D eigenvalue weighted by atomic mass is 9.95. The summed E-state index contributed by atoms with van der Waals surface area (Å²) < 4.78 is 79.8. The number of rotatable bonds is 4. The molecule has 1 N–H and O–H groups in total. The molecule has 1 fully saturated rings. The first kappa shape index (κ1) is 23.5. The van der Waals surface area contributed by atoms with Crippen LogP contribution in [0.15, 0.2) is 48.8 Å². The Balaban J connectivity index is 1.40. The Morgan fingerprint density at radius 2 is 1.50 bits per heavy atom. The number of alkyl halides is 6. The van der Waals surface area contributed by atoms with Gasteiger partial charge in [-0.05, 0) is 49.2 Å². The average molecular weight is 484 g/mol. The summed E-state index contributed by atoms with van der Waals surface area (Å²) >= 11 is 0. The van der Waals surface area contributed by atoms with E-state index in [0.717, 1.165) is 0 Å². The molecule has 0 radical (unpaired) electrons. The van der Waals surface area contributed by atoms with Gasteiger partial charge in [0.05, 0.1) is 11.1 Å². The van der Waals surface area contributed by atoms with Crippen molar-refractivity contribution in [2.75, 3.05) is 23.3 Å². The number of benzene rings is 1. The summed E-state index contributed by atoms with van der Waals surface area (Å²) in [6.45, 7) is 0.842. The lowest BCUT2D eigenvalue weighted by molar-refractivity contribution is -0.143. The van der Waals surface area contributed by atoms with Crippen LogP contribution in [0.2, 0.25) is 0 Å². The zero-order valence-electron chi connectivity index (χ0n) is 17.4. The third-order valence-corrected chi connectivity index (χ3v) is 5.42. The van der Waals surface area contributed by atoms with Crippen LogP contribution in [0, 0.1) is 5.92 Å². The molecule has 0 atom stereocenters. The molecule has 2 aromatic heterocycles. The van der Waals surface area contributed by atoms with Crippen molar-refractivity contribution in [2.45, 2.75) is 25.2 Å². The predicted octanol–water partition coefficient (Wildman–Crippen LogP) is 4.56. The number of carbonyl (C=O) groups is 1. The van der Waals surface area contributed by atoms with E-state index in [9.17, 15) is 31.1 Å². The van der Waals surface area contributed by atoms with Crippen LogP contribution in [0.25, 0.3) is 5.82 Å². The van der Waals surface area contributed by atoms with Gasteiger partial charge in [-0.25, -0.2) is 4.68 Å². The third kappa shape index (κ3) is 5.29. The summed E-state index contributed by atoms with van der Waals surface area (Å²) in [6.07, 6.45) is -5.95. The molecule has 1 aromatic carbocycles. The second-order valence-corrected chi connectivity index (χ2v) is 7.75. The summed E-state index contributed by atoms with van der Waals surface area (Å²) in [7, 11) is 0. The third-order valence-electron chi connectivity index (χ3n) is 5.42. The molecule has 34 heavy (non-hydrogen) atoms. The first-order valence-corrected chi connectivity index (χ1v) is 10.2. The van der Waals surface area contributed by atoms with Gasteiger partial charge in [-0.15, -0.1) is 10.2 Å². The molecule has 4 rings (SSSR count). The van der Waals surface area contributed by atoms with Gasteiger partial charge in [0, 0.05) is 37.1 Å². The Labute approximate surface area is 189 Å². The van der Waals surface area contributed by atoms with Gasteiger partial charge in [-0.2, -0.15) is 31.4 Å². The monoisotopic (exact) mass is 484 g/mol. The molecule has 3 aromatic rings. The Morgan fingerprint density at radius 1 is 0.912 bits per heavy atom. The Kier molecular flexibility index (Phi) is 6.19. The zero-order chi connectivity index (χ0) is 24.5. The molecule has 180 valence electrons. The molecule has 1 aliphatic rings. The number of hydrogen-bond acceptors (Lipinski definition) is 5. The molecule has 0 aliphatic carbocycles. The van der Waals surface area contributed by atoms with Crippen molar-refractivity contribution >= 4 is 17.4 Å². The highest BCUT2D eigenvalue weighted by Gasteiger charge is 2.37. The van der Waals surface area contributed by atoms with E-state index in [0.29, 0.717) is 49.7 Å². The molecular weight excluding hydrogens is 466 g/mol. The number of halogens is 6. The maximum atomic E-state index is 13.0. The van der Waals surface area contributed by atoms with Crippen LogP contribution < -0.4 is 10.2 Å². The number of nitrogens with zero attached hydrogens (tertiary/aromatic N) is 5. The summed E-state index contributed by atoms with van der Waals surface area (Å²) in [4.78, 5) is 14.5. The van der Waals surface area contributed by atoms with E-state index in [4.69, 9.17) is 0 Å². The van der Waals surface area contributed by atoms with Gasteiger partial charge in [0.2, 0.25) is 5.91 Å². The highest BCUT2D eigenvalue weighted by Crippen LogP contribution is 2.37. The van der Waals surface area contributed by atoms with Gasteiger partial charge in [0.15, 0.2) is 11.6 Å². The first-order chi connectivity index (χ1) is 16.0. The van der Waals surface area contributed by atoms with Gasteiger partial charge in [-0.3, -0.25) is 4.79 Å². The van der Waals surface area contributed by atoms with Crippen LogP contribution in [0.3, 0.4) is 0 Å². The quantitative estimate of drug-likeness (QED) is 0.550. The molecule has 0 spiro atoms. The van der Waals surface area contributed by atoms with Crippen LogP contribution in [-0.2, 0) is 17.1 Å². The number of nitrogens with one attached hydrogen (secondary N) is 1. The second-order valence-electron chi connectivity index (χ2n) is 7.75. The van der Waals surface area contributed by atoms with Crippen molar-refractivity contribution in [2.24, 2.45) is 5.92 Å². The van der Waals surface area contributed by atoms with Crippen molar-refractivity contribution in [3.8, 4) is 5.82 Å². The predicted molar refractivity (Wildman–Crippen MR) is 109 cm³/mol. The first-order valence-electron chi connectivity index (χ1n) is 10.2. The molecule has 7 nitrogen and oxygen atoms in total. The Bertz CT molecular complexity index is 1100. The highest BCUT2D eigenvalue weighted by atomic mass is 19.4. The number of hydrogen-bond donors (Lipinski definition) is 1. The molecule has 1 saturated heterocycles. The van der Waals surface area contributed by atoms with E-state index < -0.39 is 41.0 Å². The van der Waals surface area contributed by atoms with E-state index in [1.54, 1.807) is 35.3 Å². The maximum Gasteiger partial charge on any atom is 0.416 e. The van der Waals surface area contributed by atoms with Gasteiger partial charge in [0.25, 0.3) is 0 Å². The van der Waals surface area contributed by atoms with Crippen LogP contribution >= 0.6 is 0 Å². The average Bonchev–Trinajstić information content (AvgIpc) is 3.33. The summed E-state index contributed by atoms with van der Waals surface area (Å²) in [5.41, 5.74) is -3.51. The minimum atomic E-state index is -4.99. The number of anilines is 2. The van der Waals surface area contributed by atoms with E-state index in [1.807, 2.05) is 4.90 Å².